The van der Waals surface area contributed by atoms with E-state index in [9.17, 15) is 23.1 Å². The van der Waals surface area contributed by atoms with Crippen molar-refractivity contribution in [1.29, 1.82) is 0 Å². The highest BCUT2D eigenvalue weighted by atomic mass is 19.4. The first kappa shape index (κ1) is 14.8. The molecule has 1 amide bonds. The molecule has 110 valence electrons. The van der Waals surface area contributed by atoms with E-state index in [-0.39, 0.29) is 22.7 Å². The fourth-order valence-corrected chi connectivity index (χ4v) is 1.77. The smallest absolute Gasteiger partial charge is 0.416 e. The maximum absolute atomic E-state index is 12.8. The van der Waals surface area contributed by atoms with Gasteiger partial charge in [-0.1, -0.05) is 6.07 Å². The summed E-state index contributed by atoms with van der Waals surface area (Å²) in [6.45, 7) is 1.33. The summed E-state index contributed by atoms with van der Waals surface area (Å²) in [5, 5.41) is 11.8. The number of carbonyl (C=O) groups is 1. The topological polar surface area (TPSA) is 62.2 Å². The largest absolute Gasteiger partial charge is 0.505 e. The number of hydrogen-bond donors (Lipinski definition) is 2. The van der Waals surface area contributed by atoms with Crippen molar-refractivity contribution >= 4 is 11.6 Å². The van der Waals surface area contributed by atoms with Crippen molar-refractivity contribution in [2.24, 2.45) is 0 Å². The normalized spacial score (nSPS) is 11.2. The predicted octanol–water partition coefficient (Wildman–Crippen LogP) is 3.37. The van der Waals surface area contributed by atoms with E-state index in [0.717, 1.165) is 6.07 Å². The van der Waals surface area contributed by atoms with Crippen molar-refractivity contribution in [3.63, 3.8) is 0 Å². The van der Waals surface area contributed by atoms with Gasteiger partial charge in [0.05, 0.1) is 5.56 Å². The highest BCUT2D eigenvalue weighted by Crippen LogP contribution is 2.33. The Morgan fingerprint density at radius 1 is 1.29 bits per heavy atom. The van der Waals surface area contributed by atoms with Crippen LogP contribution >= 0.6 is 0 Å². The summed E-state index contributed by atoms with van der Waals surface area (Å²) in [6, 6.07) is 6.14. The fraction of sp³-hybridized carbons (Fsp3) is 0.143. The standard InChI is InChI=1S/C14H11F3N2O2/c1-8-4-5-9(7-10(8)14(15,16)17)19-13(21)12-11(20)3-2-6-18-12/h2-7,20H,1H3,(H,19,21). The molecule has 1 aromatic heterocycles. The summed E-state index contributed by atoms with van der Waals surface area (Å²) in [6.07, 6.45) is -3.21. The second-order valence-corrected chi connectivity index (χ2v) is 4.35. The molecule has 2 N–H and O–H groups in total. The number of rotatable bonds is 2. The maximum Gasteiger partial charge on any atom is 0.416 e. The van der Waals surface area contributed by atoms with Crippen molar-refractivity contribution in [2.45, 2.75) is 13.1 Å². The average Bonchev–Trinajstić information content (AvgIpc) is 2.40. The van der Waals surface area contributed by atoms with Crippen LogP contribution in [0.4, 0.5) is 18.9 Å². The predicted molar refractivity (Wildman–Crippen MR) is 70.0 cm³/mol. The van der Waals surface area contributed by atoms with Crippen LogP contribution in [0.5, 0.6) is 5.75 Å². The van der Waals surface area contributed by atoms with E-state index < -0.39 is 17.6 Å². The zero-order valence-electron chi connectivity index (χ0n) is 10.9. The molecule has 0 aliphatic heterocycles. The number of pyridine rings is 1. The molecule has 0 spiro atoms. The molecule has 0 radical (unpaired) electrons. The highest BCUT2D eigenvalue weighted by Gasteiger charge is 2.32. The Balaban J connectivity index is 2.29. The number of carbonyl (C=O) groups excluding carboxylic acids is 1. The van der Waals surface area contributed by atoms with Gasteiger partial charge >= 0.3 is 6.18 Å². The van der Waals surface area contributed by atoms with Crippen molar-refractivity contribution in [3.8, 4) is 5.75 Å². The molecule has 0 fully saturated rings. The Hall–Kier alpha value is -2.57. The lowest BCUT2D eigenvalue weighted by molar-refractivity contribution is -0.138. The van der Waals surface area contributed by atoms with E-state index in [1.165, 1.54) is 37.4 Å². The molecular formula is C14H11F3N2O2. The van der Waals surface area contributed by atoms with E-state index in [1.54, 1.807) is 0 Å². The minimum Gasteiger partial charge on any atom is -0.505 e. The van der Waals surface area contributed by atoms with Gasteiger partial charge < -0.3 is 10.4 Å². The van der Waals surface area contributed by atoms with Gasteiger partial charge in [0.15, 0.2) is 5.69 Å². The third-order valence-electron chi connectivity index (χ3n) is 2.80. The summed E-state index contributed by atoms with van der Waals surface area (Å²) < 4.78 is 38.4. The number of nitrogens with one attached hydrogen (secondary N) is 1. The molecule has 0 atom stereocenters. The molecule has 0 aliphatic carbocycles. The number of halogens is 3. The number of nitrogens with zero attached hydrogens (tertiary/aromatic N) is 1. The molecule has 7 heteroatoms. The van der Waals surface area contributed by atoms with Crippen LogP contribution in [0.25, 0.3) is 0 Å². The van der Waals surface area contributed by atoms with Crippen LogP contribution in [-0.2, 0) is 6.18 Å². The highest BCUT2D eigenvalue weighted by molar-refractivity contribution is 6.04. The van der Waals surface area contributed by atoms with Gasteiger partial charge in [0, 0.05) is 11.9 Å². The zero-order valence-corrected chi connectivity index (χ0v) is 10.9. The number of aromatic nitrogens is 1. The van der Waals surface area contributed by atoms with Gasteiger partial charge in [-0.15, -0.1) is 0 Å². The molecule has 0 aliphatic rings. The lowest BCUT2D eigenvalue weighted by atomic mass is 10.1. The monoisotopic (exact) mass is 296 g/mol. The van der Waals surface area contributed by atoms with Gasteiger partial charge in [0.2, 0.25) is 0 Å². The van der Waals surface area contributed by atoms with Crippen LogP contribution in [-0.4, -0.2) is 16.0 Å². The summed E-state index contributed by atoms with van der Waals surface area (Å²) >= 11 is 0. The Bertz CT molecular complexity index is 684. The van der Waals surface area contributed by atoms with Crippen LogP contribution in [0.15, 0.2) is 36.5 Å². The molecular weight excluding hydrogens is 285 g/mol. The first-order valence-corrected chi connectivity index (χ1v) is 5.92. The summed E-state index contributed by atoms with van der Waals surface area (Å²) in [5.74, 6) is -1.14. The van der Waals surface area contributed by atoms with Crippen LogP contribution < -0.4 is 5.32 Å². The SMILES string of the molecule is Cc1ccc(NC(=O)c2ncccc2O)cc1C(F)(F)F. The van der Waals surface area contributed by atoms with Gasteiger partial charge in [0.25, 0.3) is 5.91 Å². The third-order valence-corrected chi connectivity index (χ3v) is 2.80. The van der Waals surface area contributed by atoms with E-state index >= 15 is 0 Å². The Labute approximate surface area is 118 Å². The number of benzene rings is 1. The van der Waals surface area contributed by atoms with Crippen LogP contribution in [0.3, 0.4) is 0 Å². The Kier molecular flexibility index (Phi) is 3.84. The lowest BCUT2D eigenvalue weighted by Gasteiger charge is -2.12. The summed E-state index contributed by atoms with van der Waals surface area (Å²) in [7, 11) is 0. The fourth-order valence-electron chi connectivity index (χ4n) is 1.77. The van der Waals surface area contributed by atoms with Crippen molar-refractivity contribution in [2.75, 3.05) is 5.32 Å². The molecule has 2 rings (SSSR count). The Morgan fingerprint density at radius 3 is 2.62 bits per heavy atom. The molecule has 2 aromatic rings. The third kappa shape index (κ3) is 3.31. The second-order valence-electron chi connectivity index (χ2n) is 4.35. The van der Waals surface area contributed by atoms with Crippen molar-refractivity contribution < 1.29 is 23.1 Å². The minimum atomic E-state index is -4.50. The minimum absolute atomic E-state index is 0.0250. The van der Waals surface area contributed by atoms with Crippen molar-refractivity contribution in [1.82, 2.24) is 4.98 Å². The van der Waals surface area contributed by atoms with Crippen LogP contribution in [0.1, 0.15) is 21.6 Å². The summed E-state index contributed by atoms with van der Waals surface area (Å²) in [5.41, 5.74) is -1.05. The number of aryl methyl sites for hydroxylation is 1. The lowest BCUT2D eigenvalue weighted by Crippen LogP contribution is -2.15. The Morgan fingerprint density at radius 2 is 2.00 bits per heavy atom. The number of anilines is 1. The maximum atomic E-state index is 12.8. The van der Waals surface area contributed by atoms with Gasteiger partial charge in [-0.25, -0.2) is 4.98 Å². The van der Waals surface area contributed by atoms with Crippen LogP contribution in [0.2, 0.25) is 0 Å². The van der Waals surface area contributed by atoms with Crippen molar-refractivity contribution in [3.05, 3.63) is 53.3 Å². The van der Waals surface area contributed by atoms with Gasteiger partial charge in [0.1, 0.15) is 5.75 Å². The van der Waals surface area contributed by atoms with E-state index in [2.05, 4.69) is 10.3 Å². The molecule has 1 aromatic carbocycles. The van der Waals surface area contributed by atoms with E-state index in [0.29, 0.717) is 0 Å². The van der Waals surface area contributed by atoms with E-state index in [1.807, 2.05) is 0 Å². The van der Waals surface area contributed by atoms with E-state index in [4.69, 9.17) is 0 Å². The first-order valence-electron chi connectivity index (χ1n) is 5.92. The molecule has 0 saturated heterocycles. The van der Waals surface area contributed by atoms with Crippen LogP contribution in [0, 0.1) is 6.92 Å². The second kappa shape index (κ2) is 5.43. The zero-order chi connectivity index (χ0) is 15.6. The number of amides is 1. The first-order chi connectivity index (χ1) is 9.79. The molecule has 0 bridgehead atoms. The molecule has 1 heterocycles. The van der Waals surface area contributed by atoms with Gasteiger partial charge in [-0.3, -0.25) is 4.79 Å². The van der Waals surface area contributed by atoms with Gasteiger partial charge in [-0.2, -0.15) is 13.2 Å². The molecule has 21 heavy (non-hydrogen) atoms. The number of alkyl halides is 3. The molecule has 0 unspecified atom stereocenters. The average molecular weight is 296 g/mol. The summed E-state index contributed by atoms with van der Waals surface area (Å²) in [4.78, 5) is 15.5. The number of hydrogen-bond acceptors (Lipinski definition) is 3. The number of aromatic hydroxyl groups is 1. The van der Waals surface area contributed by atoms with Gasteiger partial charge in [-0.05, 0) is 36.8 Å². The molecule has 4 nitrogen and oxygen atoms in total. The molecule has 0 saturated carbocycles. The quantitative estimate of drug-likeness (QED) is 0.893.